The molecule has 0 aliphatic carbocycles. The van der Waals surface area contributed by atoms with E-state index >= 15 is 0 Å². The van der Waals surface area contributed by atoms with Crippen LogP contribution in [0.15, 0.2) is 24.5 Å². The van der Waals surface area contributed by atoms with Gasteiger partial charge in [0.05, 0.1) is 0 Å². The molecule has 1 aromatic heterocycles. The van der Waals surface area contributed by atoms with E-state index < -0.39 is 0 Å². The minimum absolute atomic E-state index is 0.376. The van der Waals surface area contributed by atoms with Crippen molar-refractivity contribution < 1.29 is 0 Å². The molecule has 1 N–H and O–H groups in total. The highest BCUT2D eigenvalue weighted by Gasteiger charge is 2.25. The number of hydrogen-bond acceptors (Lipinski definition) is 3. The van der Waals surface area contributed by atoms with Gasteiger partial charge in [-0.15, -0.1) is 0 Å². The number of aromatic nitrogens is 1. The molecule has 0 amide bonds. The molecular formula is C14H24N2S. The number of hydrogen-bond donors (Lipinski definition) is 1. The second-order valence-corrected chi connectivity index (χ2v) is 5.75. The van der Waals surface area contributed by atoms with E-state index in [4.69, 9.17) is 0 Å². The summed E-state index contributed by atoms with van der Waals surface area (Å²) in [7, 11) is 0. The number of rotatable bonds is 7. The largest absolute Gasteiger partial charge is 0.309 e. The lowest BCUT2D eigenvalue weighted by Gasteiger charge is -2.31. The minimum Gasteiger partial charge on any atom is -0.309 e. The summed E-state index contributed by atoms with van der Waals surface area (Å²) in [5, 5.41) is 3.64. The third-order valence-corrected chi connectivity index (χ3v) is 5.25. The molecule has 0 aliphatic rings. The Balaban J connectivity index is 2.55. The van der Waals surface area contributed by atoms with Crippen LogP contribution in [0.25, 0.3) is 0 Å². The first-order chi connectivity index (χ1) is 8.17. The van der Waals surface area contributed by atoms with E-state index in [0.717, 1.165) is 6.54 Å². The highest BCUT2D eigenvalue weighted by molar-refractivity contribution is 8.00. The molecule has 96 valence electrons. The van der Waals surface area contributed by atoms with Crippen LogP contribution in [0.2, 0.25) is 0 Å². The van der Waals surface area contributed by atoms with Crippen LogP contribution < -0.4 is 5.32 Å². The fourth-order valence-electron chi connectivity index (χ4n) is 1.97. The van der Waals surface area contributed by atoms with Crippen molar-refractivity contribution in [2.45, 2.75) is 44.4 Å². The van der Waals surface area contributed by atoms with Gasteiger partial charge in [0.1, 0.15) is 0 Å². The molecule has 17 heavy (non-hydrogen) atoms. The normalized spacial score (nSPS) is 13.6. The van der Waals surface area contributed by atoms with E-state index in [1.54, 1.807) is 0 Å². The van der Waals surface area contributed by atoms with E-state index in [9.17, 15) is 0 Å². The molecule has 1 rings (SSSR count). The molecular weight excluding hydrogens is 228 g/mol. The maximum absolute atomic E-state index is 4.05. The number of pyridine rings is 1. The maximum Gasteiger partial charge on any atom is 0.0293 e. The number of nitrogens with one attached hydrogen (secondary N) is 1. The molecule has 1 atom stereocenters. The second-order valence-electron chi connectivity index (χ2n) is 4.48. The Kier molecular flexibility index (Phi) is 6.00. The van der Waals surface area contributed by atoms with Gasteiger partial charge in [-0.05, 0) is 43.7 Å². The molecule has 0 aromatic carbocycles. The zero-order chi connectivity index (χ0) is 12.7. The summed E-state index contributed by atoms with van der Waals surface area (Å²) in [6, 6.07) is 4.55. The molecule has 2 nitrogen and oxygen atoms in total. The number of thioether (sulfide) groups is 1. The molecule has 3 heteroatoms. The summed E-state index contributed by atoms with van der Waals surface area (Å²) >= 11 is 1.98. The Morgan fingerprint density at radius 1 is 1.29 bits per heavy atom. The molecule has 0 saturated carbocycles. The van der Waals surface area contributed by atoms with Crippen LogP contribution in [0.1, 0.15) is 45.2 Å². The van der Waals surface area contributed by atoms with E-state index in [2.05, 4.69) is 49.5 Å². The molecule has 0 bridgehead atoms. The summed E-state index contributed by atoms with van der Waals surface area (Å²) in [5.74, 6) is 0. The van der Waals surface area contributed by atoms with Gasteiger partial charge in [0, 0.05) is 29.7 Å². The van der Waals surface area contributed by atoms with Gasteiger partial charge < -0.3 is 5.32 Å². The zero-order valence-electron chi connectivity index (χ0n) is 11.4. The maximum atomic E-state index is 4.05. The monoisotopic (exact) mass is 252 g/mol. The van der Waals surface area contributed by atoms with Crippen molar-refractivity contribution in [2.24, 2.45) is 0 Å². The van der Waals surface area contributed by atoms with Gasteiger partial charge in [0.2, 0.25) is 0 Å². The van der Waals surface area contributed by atoms with Crippen molar-refractivity contribution >= 4 is 11.8 Å². The summed E-state index contributed by atoms with van der Waals surface area (Å²) in [4.78, 5) is 4.05. The molecule has 1 unspecified atom stereocenters. The first-order valence-electron chi connectivity index (χ1n) is 6.36. The third kappa shape index (κ3) is 4.00. The topological polar surface area (TPSA) is 24.9 Å². The standard InChI is InChI=1S/C14H24N2S/c1-5-14(6-2,17-4)11-16-12(3)13-7-9-15-10-8-13/h7-10,12,16H,5-6,11H2,1-4H3. The second kappa shape index (κ2) is 7.02. The van der Waals surface area contributed by atoms with Crippen molar-refractivity contribution in [1.29, 1.82) is 0 Å². The predicted molar refractivity (Wildman–Crippen MR) is 77.5 cm³/mol. The van der Waals surface area contributed by atoms with Crippen molar-refractivity contribution in [2.75, 3.05) is 12.8 Å². The average Bonchev–Trinajstić information content (AvgIpc) is 2.41. The van der Waals surface area contributed by atoms with Gasteiger partial charge in [0.25, 0.3) is 0 Å². The Hall–Kier alpha value is -0.540. The molecule has 1 aromatic rings. The summed E-state index contributed by atoms with van der Waals surface area (Å²) in [6.07, 6.45) is 8.34. The molecule has 0 spiro atoms. The van der Waals surface area contributed by atoms with Crippen LogP contribution in [-0.2, 0) is 0 Å². The zero-order valence-corrected chi connectivity index (χ0v) is 12.2. The Labute approximate surface area is 110 Å². The van der Waals surface area contributed by atoms with Gasteiger partial charge in [0.15, 0.2) is 0 Å². The summed E-state index contributed by atoms with van der Waals surface area (Å²) < 4.78 is 0.376. The van der Waals surface area contributed by atoms with Gasteiger partial charge in [-0.25, -0.2) is 0 Å². The first kappa shape index (κ1) is 14.5. The smallest absolute Gasteiger partial charge is 0.0293 e. The van der Waals surface area contributed by atoms with Crippen LogP contribution in [0.3, 0.4) is 0 Å². The van der Waals surface area contributed by atoms with Crippen molar-refractivity contribution in [3.8, 4) is 0 Å². The number of nitrogens with zero attached hydrogens (tertiary/aromatic N) is 1. The molecule has 0 fully saturated rings. The van der Waals surface area contributed by atoms with E-state index in [0.29, 0.717) is 10.8 Å². The van der Waals surface area contributed by atoms with Crippen molar-refractivity contribution in [3.05, 3.63) is 30.1 Å². The van der Waals surface area contributed by atoms with Crippen molar-refractivity contribution in [1.82, 2.24) is 10.3 Å². The molecule has 1 heterocycles. The SMILES string of the molecule is CCC(CC)(CNC(C)c1ccncc1)SC. The van der Waals surface area contributed by atoms with E-state index in [-0.39, 0.29) is 0 Å². The van der Waals surface area contributed by atoms with Crippen LogP contribution in [0, 0.1) is 0 Å². The van der Waals surface area contributed by atoms with Crippen LogP contribution >= 0.6 is 11.8 Å². The lowest BCUT2D eigenvalue weighted by Crippen LogP contribution is -2.37. The third-order valence-electron chi connectivity index (χ3n) is 3.66. The van der Waals surface area contributed by atoms with Crippen LogP contribution in [-0.4, -0.2) is 22.5 Å². The summed E-state index contributed by atoms with van der Waals surface area (Å²) in [5.41, 5.74) is 1.31. The lowest BCUT2D eigenvalue weighted by molar-refractivity contribution is 0.459. The Morgan fingerprint density at radius 2 is 1.88 bits per heavy atom. The minimum atomic E-state index is 0.376. The highest BCUT2D eigenvalue weighted by Crippen LogP contribution is 2.30. The van der Waals surface area contributed by atoms with Crippen LogP contribution in [0.5, 0.6) is 0 Å². The van der Waals surface area contributed by atoms with Gasteiger partial charge >= 0.3 is 0 Å². The quantitative estimate of drug-likeness (QED) is 0.801. The van der Waals surface area contributed by atoms with Crippen molar-refractivity contribution in [3.63, 3.8) is 0 Å². The molecule has 0 saturated heterocycles. The van der Waals surface area contributed by atoms with Gasteiger partial charge in [-0.1, -0.05) is 13.8 Å². The van der Waals surface area contributed by atoms with Gasteiger partial charge in [-0.2, -0.15) is 11.8 Å². The molecule has 0 aliphatic heterocycles. The Bertz CT molecular complexity index is 301. The van der Waals surface area contributed by atoms with Crippen LogP contribution in [0.4, 0.5) is 0 Å². The fraction of sp³-hybridized carbons (Fsp3) is 0.643. The highest BCUT2D eigenvalue weighted by atomic mass is 32.2. The fourth-order valence-corrected chi connectivity index (χ4v) is 2.77. The average molecular weight is 252 g/mol. The lowest BCUT2D eigenvalue weighted by atomic mass is 10.0. The van der Waals surface area contributed by atoms with Gasteiger partial charge in [-0.3, -0.25) is 4.98 Å². The van der Waals surface area contributed by atoms with E-state index in [1.165, 1.54) is 18.4 Å². The van der Waals surface area contributed by atoms with E-state index in [1.807, 2.05) is 24.2 Å². The summed E-state index contributed by atoms with van der Waals surface area (Å²) in [6.45, 7) is 7.83. The Morgan fingerprint density at radius 3 is 2.35 bits per heavy atom. The predicted octanol–water partition coefficient (Wildman–Crippen LogP) is 3.65. The first-order valence-corrected chi connectivity index (χ1v) is 7.58. The molecule has 0 radical (unpaired) electrons.